The molecule has 1 atom stereocenters. The number of hydrogen-bond donors (Lipinski definition) is 2. The normalized spacial score (nSPS) is 14.4. The van der Waals surface area contributed by atoms with E-state index >= 15 is 0 Å². The average Bonchev–Trinajstić information content (AvgIpc) is 2.02. The molecule has 0 aliphatic carbocycles. The molecule has 0 aliphatic heterocycles. The van der Waals surface area contributed by atoms with E-state index in [-0.39, 0.29) is 5.54 Å². The third-order valence-electron chi connectivity index (χ3n) is 1.90. The first-order valence-electron chi connectivity index (χ1n) is 5.40. The van der Waals surface area contributed by atoms with Crippen LogP contribution in [0.2, 0.25) is 0 Å². The van der Waals surface area contributed by atoms with E-state index in [0.29, 0.717) is 5.92 Å². The molecule has 3 heteroatoms. The lowest BCUT2D eigenvalue weighted by Gasteiger charge is -2.21. The van der Waals surface area contributed by atoms with Crippen LogP contribution < -0.4 is 10.6 Å². The predicted molar refractivity (Wildman–Crippen MR) is 61.7 cm³/mol. The Labute approximate surface area is 88.6 Å². The van der Waals surface area contributed by atoms with E-state index in [4.69, 9.17) is 4.74 Å². The van der Waals surface area contributed by atoms with Crippen LogP contribution in [-0.4, -0.2) is 38.9 Å². The number of methoxy groups -OCH3 is 1. The maximum atomic E-state index is 5.06. The Balaban J connectivity index is 3.21. The summed E-state index contributed by atoms with van der Waals surface area (Å²) in [6.45, 7) is 12.6. The summed E-state index contributed by atoms with van der Waals surface area (Å²) in [4.78, 5) is 0. The second kappa shape index (κ2) is 7.21. The molecule has 0 saturated heterocycles. The minimum absolute atomic E-state index is 0.222. The molecule has 0 rings (SSSR count). The van der Waals surface area contributed by atoms with E-state index in [9.17, 15) is 0 Å². The lowest BCUT2D eigenvalue weighted by molar-refractivity contribution is 0.158. The molecular formula is C11H26N2O. The third kappa shape index (κ3) is 9.96. The van der Waals surface area contributed by atoms with Gasteiger partial charge in [-0.05, 0) is 33.2 Å². The van der Waals surface area contributed by atoms with Gasteiger partial charge in [0.05, 0.1) is 0 Å². The van der Waals surface area contributed by atoms with E-state index < -0.39 is 0 Å². The molecule has 0 heterocycles. The van der Waals surface area contributed by atoms with Crippen molar-refractivity contribution >= 4 is 0 Å². The molecule has 0 amide bonds. The molecule has 86 valence electrons. The van der Waals surface area contributed by atoms with Crippen molar-refractivity contribution < 1.29 is 4.74 Å². The summed E-state index contributed by atoms with van der Waals surface area (Å²) < 4.78 is 5.06. The zero-order valence-electron chi connectivity index (χ0n) is 10.3. The fourth-order valence-electron chi connectivity index (χ4n) is 1.22. The van der Waals surface area contributed by atoms with Crippen LogP contribution in [-0.2, 0) is 4.74 Å². The number of nitrogens with one attached hydrogen (secondary N) is 2. The first kappa shape index (κ1) is 13.9. The number of hydrogen-bond acceptors (Lipinski definition) is 3. The van der Waals surface area contributed by atoms with Crippen molar-refractivity contribution in [3.8, 4) is 0 Å². The van der Waals surface area contributed by atoms with Crippen LogP contribution >= 0.6 is 0 Å². The van der Waals surface area contributed by atoms with Gasteiger partial charge in [-0.2, -0.15) is 0 Å². The Hall–Kier alpha value is -0.120. The van der Waals surface area contributed by atoms with Crippen molar-refractivity contribution in [2.45, 2.75) is 33.2 Å². The van der Waals surface area contributed by atoms with Gasteiger partial charge in [0.25, 0.3) is 0 Å². The molecule has 0 bridgehead atoms. The van der Waals surface area contributed by atoms with Crippen LogP contribution in [0.4, 0.5) is 0 Å². The zero-order chi connectivity index (χ0) is 11.0. The van der Waals surface area contributed by atoms with Gasteiger partial charge in [0.15, 0.2) is 0 Å². The SMILES string of the molecule is COCC(C)CNCCNC(C)(C)C. The van der Waals surface area contributed by atoms with Crippen molar-refractivity contribution in [1.29, 1.82) is 0 Å². The monoisotopic (exact) mass is 202 g/mol. The Morgan fingerprint density at radius 3 is 2.36 bits per heavy atom. The van der Waals surface area contributed by atoms with Gasteiger partial charge in [0.2, 0.25) is 0 Å². The smallest absolute Gasteiger partial charge is 0.0499 e. The molecule has 3 nitrogen and oxygen atoms in total. The van der Waals surface area contributed by atoms with Crippen LogP contribution in [0.15, 0.2) is 0 Å². The summed E-state index contributed by atoms with van der Waals surface area (Å²) in [6.07, 6.45) is 0. The highest BCUT2D eigenvalue weighted by Crippen LogP contribution is 1.96. The summed E-state index contributed by atoms with van der Waals surface area (Å²) in [6, 6.07) is 0. The Morgan fingerprint density at radius 2 is 1.86 bits per heavy atom. The Bertz CT molecular complexity index is 132. The van der Waals surface area contributed by atoms with Gasteiger partial charge in [-0.25, -0.2) is 0 Å². The zero-order valence-corrected chi connectivity index (χ0v) is 10.3. The van der Waals surface area contributed by atoms with Crippen LogP contribution in [0, 0.1) is 5.92 Å². The second-order valence-electron chi connectivity index (χ2n) is 4.94. The van der Waals surface area contributed by atoms with Crippen molar-refractivity contribution in [3.05, 3.63) is 0 Å². The van der Waals surface area contributed by atoms with E-state index in [0.717, 1.165) is 26.2 Å². The van der Waals surface area contributed by atoms with Crippen LogP contribution in [0.25, 0.3) is 0 Å². The van der Waals surface area contributed by atoms with Crippen molar-refractivity contribution in [3.63, 3.8) is 0 Å². The lowest BCUT2D eigenvalue weighted by Crippen LogP contribution is -2.40. The largest absolute Gasteiger partial charge is 0.384 e. The Kier molecular flexibility index (Phi) is 7.15. The Morgan fingerprint density at radius 1 is 1.21 bits per heavy atom. The van der Waals surface area contributed by atoms with E-state index in [1.165, 1.54) is 0 Å². The molecule has 0 aromatic rings. The molecule has 2 N–H and O–H groups in total. The van der Waals surface area contributed by atoms with Crippen LogP contribution in [0.3, 0.4) is 0 Å². The van der Waals surface area contributed by atoms with Crippen molar-refractivity contribution in [2.75, 3.05) is 33.4 Å². The highest BCUT2D eigenvalue weighted by atomic mass is 16.5. The molecule has 0 saturated carbocycles. The molecule has 0 aromatic carbocycles. The molecule has 0 radical (unpaired) electrons. The topological polar surface area (TPSA) is 33.3 Å². The molecule has 0 fully saturated rings. The van der Waals surface area contributed by atoms with Crippen molar-refractivity contribution in [1.82, 2.24) is 10.6 Å². The van der Waals surface area contributed by atoms with Crippen LogP contribution in [0.1, 0.15) is 27.7 Å². The van der Waals surface area contributed by atoms with E-state index in [1.807, 2.05) is 0 Å². The van der Waals surface area contributed by atoms with Gasteiger partial charge in [0, 0.05) is 32.3 Å². The molecule has 1 unspecified atom stereocenters. The fourth-order valence-corrected chi connectivity index (χ4v) is 1.22. The second-order valence-corrected chi connectivity index (χ2v) is 4.94. The summed E-state index contributed by atoms with van der Waals surface area (Å²) in [5.41, 5.74) is 0.222. The van der Waals surface area contributed by atoms with E-state index in [1.54, 1.807) is 7.11 Å². The summed E-state index contributed by atoms with van der Waals surface area (Å²) in [5, 5.41) is 6.83. The highest BCUT2D eigenvalue weighted by molar-refractivity contribution is 4.70. The molecule has 14 heavy (non-hydrogen) atoms. The highest BCUT2D eigenvalue weighted by Gasteiger charge is 2.07. The minimum atomic E-state index is 0.222. The fraction of sp³-hybridized carbons (Fsp3) is 1.00. The van der Waals surface area contributed by atoms with Gasteiger partial charge >= 0.3 is 0 Å². The minimum Gasteiger partial charge on any atom is -0.384 e. The quantitative estimate of drug-likeness (QED) is 0.610. The molecule has 0 aliphatic rings. The first-order valence-corrected chi connectivity index (χ1v) is 5.40. The van der Waals surface area contributed by atoms with Gasteiger partial charge < -0.3 is 15.4 Å². The number of ether oxygens (including phenoxy) is 1. The van der Waals surface area contributed by atoms with Gasteiger partial charge in [-0.15, -0.1) is 0 Å². The van der Waals surface area contributed by atoms with Gasteiger partial charge in [-0.1, -0.05) is 6.92 Å². The van der Waals surface area contributed by atoms with Crippen molar-refractivity contribution in [2.24, 2.45) is 5.92 Å². The van der Waals surface area contributed by atoms with Gasteiger partial charge in [-0.3, -0.25) is 0 Å². The van der Waals surface area contributed by atoms with Crippen LogP contribution in [0.5, 0.6) is 0 Å². The molecular weight excluding hydrogens is 176 g/mol. The summed E-state index contributed by atoms with van der Waals surface area (Å²) in [5.74, 6) is 0.592. The number of rotatable bonds is 7. The predicted octanol–water partition coefficient (Wildman–Crippen LogP) is 1.25. The third-order valence-corrected chi connectivity index (χ3v) is 1.90. The average molecular weight is 202 g/mol. The summed E-state index contributed by atoms with van der Waals surface area (Å²) in [7, 11) is 1.75. The summed E-state index contributed by atoms with van der Waals surface area (Å²) >= 11 is 0. The maximum absolute atomic E-state index is 5.06. The van der Waals surface area contributed by atoms with Gasteiger partial charge in [0.1, 0.15) is 0 Å². The lowest BCUT2D eigenvalue weighted by atomic mass is 10.1. The van der Waals surface area contributed by atoms with E-state index in [2.05, 4.69) is 38.3 Å². The standard InChI is InChI=1S/C11H26N2O/c1-10(9-14-5)8-12-6-7-13-11(2,3)4/h10,12-13H,6-9H2,1-5H3. The maximum Gasteiger partial charge on any atom is 0.0499 e. The molecule has 0 spiro atoms. The first-order chi connectivity index (χ1) is 6.45. The molecule has 0 aromatic heterocycles.